The van der Waals surface area contributed by atoms with Gasteiger partial charge in [-0.2, -0.15) is 0 Å². The molecular formula is C15H22O3. The first-order valence-electron chi connectivity index (χ1n) is 6.75. The van der Waals surface area contributed by atoms with E-state index in [-0.39, 0.29) is 12.0 Å². The van der Waals surface area contributed by atoms with Crippen LogP contribution in [0.4, 0.5) is 0 Å². The van der Waals surface area contributed by atoms with Crippen molar-refractivity contribution in [3.8, 4) is 5.75 Å². The second-order valence-electron chi connectivity index (χ2n) is 4.86. The molecule has 1 fully saturated rings. The molecule has 0 amide bonds. The quantitative estimate of drug-likeness (QED) is 0.873. The van der Waals surface area contributed by atoms with E-state index in [1.165, 1.54) is 0 Å². The molecule has 0 aliphatic carbocycles. The average Bonchev–Trinajstić information content (AvgIpc) is 2.82. The molecule has 100 valence electrons. The van der Waals surface area contributed by atoms with Gasteiger partial charge in [0, 0.05) is 18.1 Å². The van der Waals surface area contributed by atoms with Crippen LogP contribution < -0.4 is 4.74 Å². The Bertz CT molecular complexity index is 378. The topological polar surface area (TPSA) is 38.7 Å². The van der Waals surface area contributed by atoms with Crippen LogP contribution in [-0.2, 0) is 4.74 Å². The molecule has 0 saturated carbocycles. The predicted molar refractivity (Wildman–Crippen MR) is 70.7 cm³/mol. The zero-order valence-electron chi connectivity index (χ0n) is 11.1. The van der Waals surface area contributed by atoms with Gasteiger partial charge in [0.1, 0.15) is 5.75 Å². The van der Waals surface area contributed by atoms with Crippen molar-refractivity contribution in [2.75, 3.05) is 13.2 Å². The molecule has 3 heteroatoms. The van der Waals surface area contributed by atoms with Gasteiger partial charge in [-0.25, -0.2) is 0 Å². The lowest BCUT2D eigenvalue weighted by Crippen LogP contribution is -2.20. The maximum absolute atomic E-state index is 10.5. The van der Waals surface area contributed by atoms with Crippen molar-refractivity contribution in [3.05, 3.63) is 29.8 Å². The monoisotopic (exact) mass is 250 g/mol. The van der Waals surface area contributed by atoms with Crippen LogP contribution in [0, 0.1) is 5.92 Å². The highest BCUT2D eigenvalue weighted by Crippen LogP contribution is 2.37. The van der Waals surface area contributed by atoms with Crippen LogP contribution in [-0.4, -0.2) is 24.4 Å². The van der Waals surface area contributed by atoms with E-state index in [4.69, 9.17) is 9.47 Å². The number of aliphatic hydroxyl groups excluding tert-OH is 1. The lowest BCUT2D eigenvalue weighted by molar-refractivity contribution is 0.0417. The summed E-state index contributed by atoms with van der Waals surface area (Å²) < 4.78 is 11.2. The first-order valence-corrected chi connectivity index (χ1v) is 6.75. The van der Waals surface area contributed by atoms with Gasteiger partial charge in [0.05, 0.1) is 18.8 Å². The summed E-state index contributed by atoms with van der Waals surface area (Å²) in [4.78, 5) is 0. The number of aliphatic hydroxyl groups is 1. The Balaban J connectivity index is 2.15. The van der Waals surface area contributed by atoms with E-state index in [0.29, 0.717) is 6.61 Å². The first kappa shape index (κ1) is 13.4. The van der Waals surface area contributed by atoms with Crippen LogP contribution in [0.3, 0.4) is 0 Å². The molecule has 1 saturated heterocycles. The number of benzene rings is 1. The van der Waals surface area contributed by atoms with Crippen LogP contribution in [0.25, 0.3) is 0 Å². The average molecular weight is 250 g/mol. The van der Waals surface area contributed by atoms with E-state index in [0.717, 1.165) is 30.8 Å². The molecule has 1 aromatic carbocycles. The van der Waals surface area contributed by atoms with Crippen LogP contribution in [0.15, 0.2) is 24.3 Å². The minimum Gasteiger partial charge on any atom is -0.493 e. The van der Waals surface area contributed by atoms with Crippen LogP contribution in [0.5, 0.6) is 5.75 Å². The number of ether oxygens (including phenoxy) is 2. The molecule has 0 spiro atoms. The highest BCUT2D eigenvalue weighted by atomic mass is 16.5. The maximum atomic E-state index is 10.5. The summed E-state index contributed by atoms with van der Waals surface area (Å²) in [7, 11) is 0. The third-order valence-corrected chi connectivity index (χ3v) is 3.54. The van der Waals surface area contributed by atoms with E-state index >= 15 is 0 Å². The smallest absolute Gasteiger partial charge is 0.125 e. The summed E-state index contributed by atoms with van der Waals surface area (Å²) >= 11 is 0. The van der Waals surface area contributed by atoms with Gasteiger partial charge >= 0.3 is 0 Å². The summed E-state index contributed by atoms with van der Waals surface area (Å²) in [5.74, 6) is 0.960. The fourth-order valence-electron chi connectivity index (χ4n) is 2.46. The van der Waals surface area contributed by atoms with Gasteiger partial charge in [0.2, 0.25) is 0 Å². The van der Waals surface area contributed by atoms with E-state index in [2.05, 4.69) is 6.92 Å². The summed E-state index contributed by atoms with van der Waals surface area (Å²) in [6.45, 7) is 5.52. The fourth-order valence-corrected chi connectivity index (χ4v) is 2.46. The Morgan fingerprint density at radius 3 is 2.89 bits per heavy atom. The Labute approximate surface area is 109 Å². The number of hydrogen-bond acceptors (Lipinski definition) is 3. The minimum atomic E-state index is -0.504. The number of para-hydroxylation sites is 1. The molecule has 0 radical (unpaired) electrons. The Hall–Kier alpha value is -1.06. The molecule has 3 atom stereocenters. The molecule has 1 aliphatic rings. The second-order valence-corrected chi connectivity index (χ2v) is 4.86. The zero-order valence-corrected chi connectivity index (χ0v) is 11.1. The first-order chi connectivity index (χ1) is 8.74. The van der Waals surface area contributed by atoms with Gasteiger partial charge in [-0.3, -0.25) is 0 Å². The fraction of sp³-hybridized carbons (Fsp3) is 0.600. The van der Waals surface area contributed by atoms with E-state index in [9.17, 15) is 5.11 Å². The minimum absolute atomic E-state index is 0.110. The van der Waals surface area contributed by atoms with Crippen LogP contribution in [0.1, 0.15) is 38.4 Å². The number of hydrogen-bond donors (Lipinski definition) is 1. The van der Waals surface area contributed by atoms with Crippen LogP contribution in [0.2, 0.25) is 0 Å². The summed E-state index contributed by atoms with van der Waals surface area (Å²) in [5, 5.41) is 10.5. The lowest BCUT2D eigenvalue weighted by atomic mass is 9.90. The third-order valence-electron chi connectivity index (χ3n) is 3.54. The SMILES string of the molecule is CCCOc1ccccc1C(O)C1CCOC1C. The summed E-state index contributed by atoms with van der Waals surface area (Å²) in [5.41, 5.74) is 0.883. The highest BCUT2D eigenvalue weighted by Gasteiger charge is 2.32. The Morgan fingerprint density at radius 1 is 1.44 bits per heavy atom. The van der Waals surface area contributed by atoms with Crippen molar-refractivity contribution in [3.63, 3.8) is 0 Å². The molecular weight excluding hydrogens is 228 g/mol. The molecule has 0 bridgehead atoms. The lowest BCUT2D eigenvalue weighted by Gasteiger charge is -2.23. The van der Waals surface area contributed by atoms with Crippen molar-refractivity contribution < 1.29 is 14.6 Å². The largest absolute Gasteiger partial charge is 0.493 e. The van der Waals surface area contributed by atoms with Gasteiger partial charge in [-0.15, -0.1) is 0 Å². The molecule has 1 aliphatic heterocycles. The Morgan fingerprint density at radius 2 is 2.22 bits per heavy atom. The van der Waals surface area contributed by atoms with Crippen molar-refractivity contribution >= 4 is 0 Å². The van der Waals surface area contributed by atoms with E-state index in [1.807, 2.05) is 31.2 Å². The van der Waals surface area contributed by atoms with Crippen molar-refractivity contribution in [2.45, 2.75) is 38.9 Å². The predicted octanol–water partition coefficient (Wildman–Crippen LogP) is 2.93. The molecule has 0 aromatic heterocycles. The Kier molecular flexibility index (Phi) is 4.61. The van der Waals surface area contributed by atoms with Gasteiger partial charge in [0.15, 0.2) is 0 Å². The molecule has 3 nitrogen and oxygen atoms in total. The molecule has 2 rings (SSSR count). The van der Waals surface area contributed by atoms with Crippen molar-refractivity contribution in [1.29, 1.82) is 0 Å². The van der Waals surface area contributed by atoms with Gasteiger partial charge in [0.25, 0.3) is 0 Å². The van der Waals surface area contributed by atoms with E-state index < -0.39 is 6.10 Å². The van der Waals surface area contributed by atoms with Crippen molar-refractivity contribution in [1.82, 2.24) is 0 Å². The standard InChI is InChI=1S/C15H22O3/c1-3-9-18-14-7-5-4-6-13(14)15(16)12-8-10-17-11(12)2/h4-7,11-12,15-16H,3,8-10H2,1-2H3. The van der Waals surface area contributed by atoms with Crippen molar-refractivity contribution in [2.24, 2.45) is 5.92 Å². The molecule has 18 heavy (non-hydrogen) atoms. The third kappa shape index (κ3) is 2.85. The van der Waals surface area contributed by atoms with Gasteiger partial charge < -0.3 is 14.6 Å². The summed E-state index contributed by atoms with van der Waals surface area (Å²) in [6.07, 6.45) is 1.48. The normalized spacial score (nSPS) is 25.1. The maximum Gasteiger partial charge on any atom is 0.125 e. The number of rotatable bonds is 5. The molecule has 1 aromatic rings. The zero-order chi connectivity index (χ0) is 13.0. The summed E-state index contributed by atoms with van der Waals surface area (Å²) in [6, 6.07) is 7.75. The van der Waals surface area contributed by atoms with Crippen LogP contribution >= 0.6 is 0 Å². The van der Waals surface area contributed by atoms with Gasteiger partial charge in [-0.1, -0.05) is 25.1 Å². The second kappa shape index (κ2) is 6.21. The highest BCUT2D eigenvalue weighted by molar-refractivity contribution is 5.35. The molecule has 1 N–H and O–H groups in total. The van der Waals surface area contributed by atoms with E-state index in [1.54, 1.807) is 0 Å². The van der Waals surface area contributed by atoms with Gasteiger partial charge in [-0.05, 0) is 25.8 Å². The molecule has 1 heterocycles. The molecule has 3 unspecified atom stereocenters.